The van der Waals surface area contributed by atoms with Crippen LogP contribution < -0.4 is 5.32 Å². The summed E-state index contributed by atoms with van der Waals surface area (Å²) in [6, 6.07) is 11.5. The minimum absolute atomic E-state index is 0.0141. The van der Waals surface area contributed by atoms with Gasteiger partial charge in [0.05, 0.1) is 5.25 Å². The Labute approximate surface area is 131 Å². The van der Waals surface area contributed by atoms with E-state index in [1.807, 2.05) is 25.1 Å². The van der Waals surface area contributed by atoms with E-state index in [0.29, 0.717) is 6.04 Å². The Morgan fingerprint density at radius 2 is 2.10 bits per heavy atom. The lowest BCUT2D eigenvalue weighted by Crippen LogP contribution is -2.41. The van der Waals surface area contributed by atoms with E-state index in [-0.39, 0.29) is 11.2 Å². The fourth-order valence-corrected chi connectivity index (χ4v) is 3.72. The molecule has 2 unspecified atom stereocenters. The van der Waals surface area contributed by atoms with Gasteiger partial charge in [0.25, 0.3) is 0 Å². The summed E-state index contributed by atoms with van der Waals surface area (Å²) >= 11 is 1.71. The van der Waals surface area contributed by atoms with Gasteiger partial charge in [-0.3, -0.25) is 9.69 Å². The Kier molecular flexibility index (Phi) is 4.86. The number of benzene rings is 1. The molecule has 1 aromatic carbocycles. The molecule has 2 atom stereocenters. The molecule has 1 heterocycles. The number of rotatable bonds is 6. The van der Waals surface area contributed by atoms with E-state index in [1.165, 1.54) is 18.4 Å². The third-order valence-electron chi connectivity index (χ3n) is 4.34. The third-order valence-corrected chi connectivity index (χ3v) is 5.56. The zero-order chi connectivity index (χ0) is 14.7. The summed E-state index contributed by atoms with van der Waals surface area (Å²) < 4.78 is 0. The number of nitrogens with one attached hydrogen (secondary N) is 1. The molecule has 114 valence electrons. The maximum Gasteiger partial charge on any atom is 0.233 e. The van der Waals surface area contributed by atoms with Crippen LogP contribution >= 0.6 is 11.8 Å². The highest BCUT2D eigenvalue weighted by atomic mass is 32.2. The van der Waals surface area contributed by atoms with Crippen LogP contribution in [0.4, 0.5) is 0 Å². The highest BCUT2D eigenvalue weighted by Gasteiger charge is 2.35. The summed E-state index contributed by atoms with van der Waals surface area (Å²) in [4.78, 5) is 14.8. The van der Waals surface area contributed by atoms with Gasteiger partial charge in [0.15, 0.2) is 0 Å². The Hall–Kier alpha value is -1.00. The standard InChI is InChI=1S/C17H24N2OS/c1-13(21-12-14-5-3-2-4-6-14)17(20)18-15-9-10-19(11-15)16-7-8-16/h2-6,13,15-16H,7-12H2,1H3,(H,18,20). The Morgan fingerprint density at radius 1 is 1.33 bits per heavy atom. The summed E-state index contributed by atoms with van der Waals surface area (Å²) in [6.07, 6.45) is 3.81. The van der Waals surface area contributed by atoms with E-state index in [0.717, 1.165) is 31.3 Å². The summed E-state index contributed by atoms with van der Waals surface area (Å²) in [5.41, 5.74) is 1.28. The molecule has 0 aromatic heterocycles. The zero-order valence-corrected chi connectivity index (χ0v) is 13.4. The van der Waals surface area contributed by atoms with E-state index < -0.39 is 0 Å². The van der Waals surface area contributed by atoms with E-state index in [9.17, 15) is 4.79 Å². The topological polar surface area (TPSA) is 32.3 Å². The van der Waals surface area contributed by atoms with Gasteiger partial charge in [-0.1, -0.05) is 30.3 Å². The predicted octanol–water partition coefficient (Wildman–Crippen LogP) is 2.66. The van der Waals surface area contributed by atoms with Crippen molar-refractivity contribution in [2.24, 2.45) is 0 Å². The van der Waals surface area contributed by atoms with Crippen molar-refractivity contribution in [2.45, 2.75) is 49.3 Å². The second kappa shape index (κ2) is 6.84. The number of amides is 1. The molecule has 1 aliphatic carbocycles. The molecule has 1 amide bonds. The van der Waals surface area contributed by atoms with Gasteiger partial charge in [-0.05, 0) is 31.7 Å². The van der Waals surface area contributed by atoms with Crippen LogP contribution in [0.25, 0.3) is 0 Å². The van der Waals surface area contributed by atoms with E-state index in [1.54, 1.807) is 11.8 Å². The van der Waals surface area contributed by atoms with Gasteiger partial charge in [0.2, 0.25) is 5.91 Å². The fourth-order valence-electron chi connectivity index (χ4n) is 2.87. The molecule has 0 spiro atoms. The number of carbonyl (C=O) groups is 1. The average molecular weight is 304 g/mol. The van der Waals surface area contributed by atoms with Crippen LogP contribution in [-0.4, -0.2) is 41.2 Å². The SMILES string of the molecule is CC(SCc1ccccc1)C(=O)NC1CCN(C2CC2)C1. The van der Waals surface area contributed by atoms with Crippen molar-refractivity contribution in [2.75, 3.05) is 13.1 Å². The molecule has 21 heavy (non-hydrogen) atoms. The molecule has 3 rings (SSSR count). The van der Waals surface area contributed by atoms with Crippen LogP contribution in [0.15, 0.2) is 30.3 Å². The summed E-state index contributed by atoms with van der Waals surface area (Å²) in [5.74, 6) is 1.09. The summed E-state index contributed by atoms with van der Waals surface area (Å²) in [7, 11) is 0. The maximum atomic E-state index is 12.3. The van der Waals surface area contributed by atoms with E-state index in [2.05, 4.69) is 22.3 Å². The first-order chi connectivity index (χ1) is 10.2. The lowest BCUT2D eigenvalue weighted by Gasteiger charge is -2.18. The number of carbonyl (C=O) groups excluding carboxylic acids is 1. The number of hydrogen-bond donors (Lipinski definition) is 1. The Balaban J connectivity index is 1.40. The van der Waals surface area contributed by atoms with Crippen molar-refractivity contribution in [1.29, 1.82) is 0 Å². The van der Waals surface area contributed by atoms with Gasteiger partial charge in [0.1, 0.15) is 0 Å². The van der Waals surface area contributed by atoms with Crippen molar-refractivity contribution >= 4 is 17.7 Å². The van der Waals surface area contributed by atoms with Crippen LogP contribution in [0.1, 0.15) is 31.7 Å². The molecule has 0 bridgehead atoms. The molecular formula is C17H24N2OS. The van der Waals surface area contributed by atoms with E-state index in [4.69, 9.17) is 0 Å². The maximum absolute atomic E-state index is 12.3. The number of thioether (sulfide) groups is 1. The predicted molar refractivity (Wildman–Crippen MR) is 88.3 cm³/mol. The van der Waals surface area contributed by atoms with Crippen molar-refractivity contribution in [3.63, 3.8) is 0 Å². The second-order valence-corrected chi connectivity index (χ2v) is 7.49. The van der Waals surface area contributed by atoms with Gasteiger partial charge in [-0.15, -0.1) is 11.8 Å². The first-order valence-corrected chi connectivity index (χ1v) is 8.97. The second-order valence-electron chi connectivity index (χ2n) is 6.16. The first kappa shape index (κ1) is 14.9. The zero-order valence-electron chi connectivity index (χ0n) is 12.6. The average Bonchev–Trinajstić information content (AvgIpc) is 3.26. The highest BCUT2D eigenvalue weighted by molar-refractivity contribution is 7.99. The fraction of sp³-hybridized carbons (Fsp3) is 0.588. The smallest absolute Gasteiger partial charge is 0.233 e. The molecule has 1 aliphatic heterocycles. The Morgan fingerprint density at radius 3 is 2.81 bits per heavy atom. The summed E-state index contributed by atoms with van der Waals surface area (Å²) in [5, 5.41) is 3.24. The lowest BCUT2D eigenvalue weighted by molar-refractivity contribution is -0.120. The van der Waals surface area contributed by atoms with Crippen LogP contribution in [0, 0.1) is 0 Å². The summed E-state index contributed by atoms with van der Waals surface area (Å²) in [6.45, 7) is 4.21. The molecule has 1 saturated heterocycles. The monoisotopic (exact) mass is 304 g/mol. The van der Waals surface area contributed by atoms with Crippen molar-refractivity contribution in [1.82, 2.24) is 10.2 Å². The van der Waals surface area contributed by atoms with Gasteiger partial charge in [-0.25, -0.2) is 0 Å². The highest BCUT2D eigenvalue weighted by Crippen LogP contribution is 2.30. The van der Waals surface area contributed by atoms with Crippen LogP contribution in [0.2, 0.25) is 0 Å². The lowest BCUT2D eigenvalue weighted by atomic mass is 10.2. The Bertz CT molecular complexity index is 475. The van der Waals surface area contributed by atoms with Crippen LogP contribution in [-0.2, 0) is 10.5 Å². The van der Waals surface area contributed by atoms with Gasteiger partial charge < -0.3 is 5.32 Å². The van der Waals surface area contributed by atoms with Crippen molar-refractivity contribution < 1.29 is 4.79 Å². The van der Waals surface area contributed by atoms with Gasteiger partial charge in [0, 0.05) is 30.9 Å². The van der Waals surface area contributed by atoms with Crippen molar-refractivity contribution in [3.05, 3.63) is 35.9 Å². The molecular weight excluding hydrogens is 280 g/mol. The molecule has 1 saturated carbocycles. The quantitative estimate of drug-likeness (QED) is 0.877. The largest absolute Gasteiger partial charge is 0.351 e. The molecule has 1 N–H and O–H groups in total. The first-order valence-electron chi connectivity index (χ1n) is 7.92. The van der Waals surface area contributed by atoms with Gasteiger partial charge in [-0.2, -0.15) is 0 Å². The number of nitrogens with zero attached hydrogens (tertiary/aromatic N) is 1. The number of hydrogen-bond acceptors (Lipinski definition) is 3. The molecule has 1 aromatic rings. The molecule has 2 aliphatic rings. The minimum atomic E-state index is 0.0141. The van der Waals surface area contributed by atoms with Crippen molar-refractivity contribution in [3.8, 4) is 0 Å². The molecule has 4 heteroatoms. The van der Waals surface area contributed by atoms with Gasteiger partial charge >= 0.3 is 0 Å². The normalized spacial score (nSPS) is 24.0. The number of likely N-dealkylation sites (tertiary alicyclic amines) is 1. The molecule has 0 radical (unpaired) electrons. The van der Waals surface area contributed by atoms with Crippen LogP contribution in [0.3, 0.4) is 0 Å². The van der Waals surface area contributed by atoms with Crippen LogP contribution in [0.5, 0.6) is 0 Å². The minimum Gasteiger partial charge on any atom is -0.351 e. The molecule has 2 fully saturated rings. The van der Waals surface area contributed by atoms with E-state index >= 15 is 0 Å². The third kappa shape index (κ3) is 4.24. The molecule has 3 nitrogen and oxygen atoms in total.